The summed E-state index contributed by atoms with van der Waals surface area (Å²) in [5.74, 6) is 0. The average Bonchev–Trinajstić information content (AvgIpc) is 2.63. The maximum absolute atomic E-state index is 10.6. The maximum Gasteiger partial charge on any atom is 0.264 e. The van der Waals surface area contributed by atoms with Crippen molar-refractivity contribution in [2.75, 3.05) is 12.9 Å². The van der Waals surface area contributed by atoms with Crippen LogP contribution in [0.25, 0.3) is 0 Å². The molecule has 1 rings (SSSR count). The normalized spacial score (nSPS) is 28.8. The van der Waals surface area contributed by atoms with Gasteiger partial charge in [-0.1, -0.05) is 13.3 Å². The lowest BCUT2D eigenvalue weighted by Crippen LogP contribution is -2.10. The van der Waals surface area contributed by atoms with Gasteiger partial charge in [0, 0.05) is 0 Å². The van der Waals surface area contributed by atoms with Gasteiger partial charge >= 0.3 is 0 Å². The first-order valence-corrected chi connectivity index (χ1v) is 5.84. The Morgan fingerprint density at radius 2 is 2.08 bits per heavy atom. The molecule has 0 aromatic rings. The van der Waals surface area contributed by atoms with E-state index in [9.17, 15) is 8.42 Å². The minimum absolute atomic E-state index is 0.000301. The molecule has 0 N–H and O–H groups in total. The van der Waals surface area contributed by atoms with Crippen LogP contribution in [0.5, 0.6) is 0 Å². The topological polar surface area (TPSA) is 55.9 Å². The Labute approximate surface area is 73.0 Å². The number of hydrogen-bond acceptors (Lipinski definition) is 4. The Morgan fingerprint density at radius 1 is 1.42 bits per heavy atom. The summed E-state index contributed by atoms with van der Waals surface area (Å²) in [7, 11) is -3.30. The van der Waals surface area contributed by atoms with Crippen molar-refractivity contribution in [3.05, 3.63) is 0 Å². The van der Waals surface area contributed by atoms with E-state index < -0.39 is 10.1 Å². The van der Waals surface area contributed by atoms with Crippen LogP contribution in [0.2, 0.25) is 0 Å². The van der Waals surface area contributed by atoms with E-state index in [0.717, 1.165) is 19.1 Å². The molecule has 5 heteroatoms. The molecule has 1 aliphatic heterocycles. The standard InChI is InChI=1S/C7H14O4S/c1-3-4-6-7(11-6)5-10-12(2,8)9/h6-7H,3-5H2,1-2H3/t6-,7-/m1/s1. The van der Waals surface area contributed by atoms with Crippen molar-refractivity contribution in [2.24, 2.45) is 0 Å². The summed E-state index contributed by atoms with van der Waals surface area (Å²) in [5, 5.41) is 0. The Bertz CT molecular complexity index is 234. The molecule has 12 heavy (non-hydrogen) atoms. The van der Waals surface area contributed by atoms with E-state index >= 15 is 0 Å². The summed E-state index contributed by atoms with van der Waals surface area (Å²) in [6.07, 6.45) is 3.30. The number of rotatable bonds is 5. The highest BCUT2D eigenvalue weighted by molar-refractivity contribution is 7.85. The highest BCUT2D eigenvalue weighted by atomic mass is 32.2. The van der Waals surface area contributed by atoms with Crippen LogP contribution in [-0.2, 0) is 19.0 Å². The van der Waals surface area contributed by atoms with Gasteiger partial charge in [0.2, 0.25) is 0 Å². The molecule has 0 amide bonds. The van der Waals surface area contributed by atoms with Crippen molar-refractivity contribution in [3.8, 4) is 0 Å². The third-order valence-electron chi connectivity index (χ3n) is 1.71. The van der Waals surface area contributed by atoms with Gasteiger partial charge in [-0.15, -0.1) is 0 Å². The van der Waals surface area contributed by atoms with Crippen molar-refractivity contribution in [3.63, 3.8) is 0 Å². The minimum Gasteiger partial charge on any atom is -0.367 e. The smallest absolute Gasteiger partial charge is 0.264 e. The summed E-state index contributed by atoms with van der Waals surface area (Å²) in [6, 6.07) is 0. The zero-order valence-corrected chi connectivity index (χ0v) is 8.13. The summed E-state index contributed by atoms with van der Waals surface area (Å²) in [6.45, 7) is 2.24. The zero-order chi connectivity index (χ0) is 9.19. The summed E-state index contributed by atoms with van der Waals surface area (Å²) < 4.78 is 30.8. The molecule has 2 atom stereocenters. The van der Waals surface area contributed by atoms with E-state index in [1.54, 1.807) is 0 Å². The molecule has 0 aromatic heterocycles. The van der Waals surface area contributed by atoms with E-state index in [1.807, 2.05) is 0 Å². The molecular weight excluding hydrogens is 180 g/mol. The Kier molecular flexibility index (Phi) is 3.09. The predicted molar refractivity (Wildman–Crippen MR) is 44.4 cm³/mol. The van der Waals surface area contributed by atoms with Crippen molar-refractivity contribution >= 4 is 10.1 Å². The third kappa shape index (κ3) is 3.51. The molecule has 4 nitrogen and oxygen atoms in total. The molecule has 1 heterocycles. The molecule has 0 unspecified atom stereocenters. The Balaban J connectivity index is 2.12. The molecule has 0 aromatic carbocycles. The van der Waals surface area contributed by atoms with E-state index in [0.29, 0.717) is 0 Å². The van der Waals surface area contributed by atoms with Gasteiger partial charge in [-0.2, -0.15) is 8.42 Å². The van der Waals surface area contributed by atoms with Gasteiger partial charge in [-0.25, -0.2) is 0 Å². The Morgan fingerprint density at radius 3 is 2.58 bits per heavy atom. The first-order chi connectivity index (χ1) is 5.53. The van der Waals surface area contributed by atoms with Gasteiger partial charge in [0.05, 0.1) is 19.0 Å². The molecule has 0 bridgehead atoms. The quantitative estimate of drug-likeness (QED) is 0.473. The van der Waals surface area contributed by atoms with Gasteiger partial charge in [-0.3, -0.25) is 4.18 Å². The third-order valence-corrected chi connectivity index (χ3v) is 2.27. The van der Waals surface area contributed by atoms with Gasteiger partial charge < -0.3 is 4.74 Å². The van der Waals surface area contributed by atoms with Gasteiger partial charge in [0.1, 0.15) is 6.10 Å². The number of epoxide rings is 1. The molecular formula is C7H14O4S. The molecule has 0 aliphatic carbocycles. The highest BCUT2D eigenvalue weighted by Gasteiger charge is 2.38. The zero-order valence-electron chi connectivity index (χ0n) is 7.32. The maximum atomic E-state index is 10.6. The second-order valence-electron chi connectivity index (χ2n) is 2.99. The molecule has 0 spiro atoms. The van der Waals surface area contributed by atoms with Crippen LogP contribution in [-0.4, -0.2) is 33.5 Å². The van der Waals surface area contributed by atoms with Crippen molar-refractivity contribution < 1.29 is 17.3 Å². The van der Waals surface area contributed by atoms with Crippen LogP contribution in [0.1, 0.15) is 19.8 Å². The molecule has 0 radical (unpaired) electrons. The lowest BCUT2D eigenvalue weighted by Gasteiger charge is -1.95. The second kappa shape index (κ2) is 3.72. The van der Waals surface area contributed by atoms with Gasteiger partial charge in [-0.05, 0) is 6.42 Å². The van der Waals surface area contributed by atoms with E-state index in [-0.39, 0.29) is 18.8 Å². The number of ether oxygens (including phenoxy) is 1. The lowest BCUT2D eigenvalue weighted by molar-refractivity contribution is 0.265. The highest BCUT2D eigenvalue weighted by Crippen LogP contribution is 2.26. The summed E-state index contributed by atoms with van der Waals surface area (Å²) in [5.41, 5.74) is 0. The van der Waals surface area contributed by atoms with Crippen molar-refractivity contribution in [1.29, 1.82) is 0 Å². The van der Waals surface area contributed by atoms with Gasteiger partial charge in [0.15, 0.2) is 0 Å². The van der Waals surface area contributed by atoms with Crippen LogP contribution in [0, 0.1) is 0 Å². The lowest BCUT2D eigenvalue weighted by atomic mass is 10.2. The molecule has 1 fully saturated rings. The minimum atomic E-state index is -3.30. The van der Waals surface area contributed by atoms with Crippen LogP contribution >= 0.6 is 0 Å². The largest absolute Gasteiger partial charge is 0.367 e. The SMILES string of the molecule is CCC[C@H]1O[C@@H]1COS(C)(=O)=O. The fourth-order valence-corrected chi connectivity index (χ4v) is 1.44. The molecule has 72 valence electrons. The summed E-state index contributed by atoms with van der Waals surface area (Å²) in [4.78, 5) is 0. The van der Waals surface area contributed by atoms with Crippen molar-refractivity contribution in [2.45, 2.75) is 32.0 Å². The van der Waals surface area contributed by atoms with Crippen LogP contribution in [0.3, 0.4) is 0 Å². The first kappa shape index (κ1) is 9.95. The van der Waals surface area contributed by atoms with Crippen LogP contribution in [0.15, 0.2) is 0 Å². The first-order valence-electron chi connectivity index (χ1n) is 4.03. The van der Waals surface area contributed by atoms with Crippen molar-refractivity contribution in [1.82, 2.24) is 0 Å². The molecule has 1 aliphatic rings. The van der Waals surface area contributed by atoms with E-state index in [4.69, 9.17) is 4.74 Å². The monoisotopic (exact) mass is 194 g/mol. The van der Waals surface area contributed by atoms with E-state index in [2.05, 4.69) is 11.1 Å². The van der Waals surface area contributed by atoms with Crippen LogP contribution in [0.4, 0.5) is 0 Å². The number of hydrogen-bond donors (Lipinski definition) is 0. The molecule has 1 saturated heterocycles. The second-order valence-corrected chi connectivity index (χ2v) is 4.63. The van der Waals surface area contributed by atoms with Crippen LogP contribution < -0.4 is 0 Å². The predicted octanol–water partition coefficient (Wildman–Crippen LogP) is 0.530. The fourth-order valence-electron chi connectivity index (χ4n) is 1.05. The average molecular weight is 194 g/mol. The Hall–Kier alpha value is -0.130. The fraction of sp³-hybridized carbons (Fsp3) is 1.00. The summed E-state index contributed by atoms with van der Waals surface area (Å²) >= 11 is 0. The molecule has 0 saturated carbocycles. The van der Waals surface area contributed by atoms with Gasteiger partial charge in [0.25, 0.3) is 10.1 Å². The van der Waals surface area contributed by atoms with E-state index in [1.165, 1.54) is 0 Å².